The Morgan fingerprint density at radius 3 is 2.85 bits per heavy atom. The largest absolute Gasteiger partial charge is 0.365 e. The van der Waals surface area contributed by atoms with Crippen LogP contribution in [0.1, 0.15) is 10.4 Å². The molecule has 0 spiro atoms. The van der Waals surface area contributed by atoms with Crippen LogP contribution >= 0.6 is 0 Å². The van der Waals surface area contributed by atoms with Crippen LogP contribution in [0, 0.1) is 0 Å². The molecule has 6 N–H and O–H groups in total. The lowest BCUT2D eigenvalue weighted by atomic mass is 10.3. The van der Waals surface area contributed by atoms with E-state index in [1.54, 1.807) is 24.5 Å². The number of amides is 1. The summed E-state index contributed by atoms with van der Waals surface area (Å²) in [5, 5.41) is 5.92. The van der Waals surface area contributed by atoms with E-state index in [4.69, 9.17) is 11.5 Å². The number of aromatic nitrogens is 3. The van der Waals surface area contributed by atoms with Crippen molar-refractivity contribution in [3.63, 3.8) is 0 Å². The Kier molecular flexibility index (Phi) is 4.40. The van der Waals surface area contributed by atoms with E-state index in [2.05, 4.69) is 25.6 Å². The van der Waals surface area contributed by atoms with E-state index in [9.17, 15) is 4.79 Å². The number of hydrogen-bond acceptors (Lipinski definition) is 7. The molecule has 0 aromatic carbocycles. The second kappa shape index (κ2) is 6.43. The molecule has 0 aliphatic heterocycles. The van der Waals surface area contributed by atoms with E-state index in [0.717, 1.165) is 0 Å². The van der Waals surface area contributed by atoms with Crippen molar-refractivity contribution < 1.29 is 4.79 Å². The van der Waals surface area contributed by atoms with Crippen LogP contribution < -0.4 is 22.1 Å². The molecule has 0 saturated carbocycles. The Labute approximate surface area is 115 Å². The highest BCUT2D eigenvalue weighted by atomic mass is 16.1. The Bertz CT molecular complexity index is 588. The van der Waals surface area contributed by atoms with Crippen molar-refractivity contribution in [3.8, 4) is 0 Å². The molecule has 0 aliphatic carbocycles. The van der Waals surface area contributed by atoms with Crippen LogP contribution in [-0.4, -0.2) is 33.9 Å². The van der Waals surface area contributed by atoms with Crippen molar-refractivity contribution in [2.24, 2.45) is 11.5 Å². The molecule has 2 heterocycles. The third-order valence-corrected chi connectivity index (χ3v) is 2.41. The standard InChI is InChI=1S/C12H15N7O/c13-3-5-16-12-17-7-9(10(14)20)11(19-12)18-8-2-1-4-15-6-8/h1-2,4,6-7H,3,5,13H2,(H2,14,20)(H2,16,17,18,19). The summed E-state index contributed by atoms with van der Waals surface area (Å²) in [4.78, 5) is 23.6. The van der Waals surface area contributed by atoms with Crippen LogP contribution in [0.4, 0.5) is 17.5 Å². The van der Waals surface area contributed by atoms with E-state index in [1.807, 2.05) is 0 Å². The SMILES string of the molecule is NCCNc1ncc(C(N)=O)c(Nc2cccnc2)n1. The number of nitrogens with zero attached hydrogens (tertiary/aromatic N) is 3. The number of carbonyl (C=O) groups is 1. The van der Waals surface area contributed by atoms with Crippen LogP contribution in [0.25, 0.3) is 0 Å². The van der Waals surface area contributed by atoms with Gasteiger partial charge in [-0.05, 0) is 12.1 Å². The Hall–Kier alpha value is -2.74. The summed E-state index contributed by atoms with van der Waals surface area (Å²) in [5.74, 6) is 0.0774. The average molecular weight is 273 g/mol. The number of primary amides is 1. The number of rotatable bonds is 6. The van der Waals surface area contributed by atoms with E-state index < -0.39 is 5.91 Å². The number of anilines is 3. The average Bonchev–Trinajstić information content (AvgIpc) is 2.46. The van der Waals surface area contributed by atoms with Gasteiger partial charge in [0.05, 0.1) is 11.9 Å². The molecule has 0 bridgehead atoms. The molecule has 0 atom stereocenters. The van der Waals surface area contributed by atoms with Crippen molar-refractivity contribution in [2.75, 3.05) is 23.7 Å². The summed E-state index contributed by atoms with van der Waals surface area (Å²) in [5.41, 5.74) is 11.6. The Morgan fingerprint density at radius 2 is 2.20 bits per heavy atom. The summed E-state index contributed by atoms with van der Waals surface area (Å²) >= 11 is 0. The maximum absolute atomic E-state index is 11.4. The molecule has 20 heavy (non-hydrogen) atoms. The molecular weight excluding hydrogens is 258 g/mol. The number of hydrogen-bond donors (Lipinski definition) is 4. The first-order valence-corrected chi connectivity index (χ1v) is 5.98. The highest BCUT2D eigenvalue weighted by Crippen LogP contribution is 2.18. The zero-order valence-electron chi connectivity index (χ0n) is 10.7. The second-order valence-corrected chi connectivity index (χ2v) is 3.90. The molecule has 2 rings (SSSR count). The lowest BCUT2D eigenvalue weighted by molar-refractivity contribution is 0.100. The van der Waals surface area contributed by atoms with E-state index >= 15 is 0 Å². The molecule has 0 fully saturated rings. The monoisotopic (exact) mass is 273 g/mol. The first-order chi connectivity index (χ1) is 9.70. The molecule has 2 aromatic rings. The zero-order chi connectivity index (χ0) is 14.4. The first-order valence-electron chi connectivity index (χ1n) is 5.98. The molecule has 2 aromatic heterocycles. The van der Waals surface area contributed by atoms with Gasteiger partial charge in [0, 0.05) is 25.5 Å². The number of pyridine rings is 1. The molecule has 8 heteroatoms. The lowest BCUT2D eigenvalue weighted by Gasteiger charge is -2.10. The number of nitrogens with one attached hydrogen (secondary N) is 2. The Morgan fingerprint density at radius 1 is 1.35 bits per heavy atom. The third-order valence-electron chi connectivity index (χ3n) is 2.41. The van der Waals surface area contributed by atoms with Gasteiger partial charge in [0.2, 0.25) is 5.95 Å². The van der Waals surface area contributed by atoms with Gasteiger partial charge in [0.15, 0.2) is 0 Å². The van der Waals surface area contributed by atoms with Gasteiger partial charge in [-0.3, -0.25) is 9.78 Å². The van der Waals surface area contributed by atoms with Gasteiger partial charge in [-0.25, -0.2) is 4.98 Å². The number of nitrogens with two attached hydrogens (primary N) is 2. The molecule has 0 saturated heterocycles. The van der Waals surface area contributed by atoms with Crippen molar-refractivity contribution >= 4 is 23.4 Å². The van der Waals surface area contributed by atoms with Crippen molar-refractivity contribution in [1.29, 1.82) is 0 Å². The van der Waals surface area contributed by atoms with Gasteiger partial charge in [0.1, 0.15) is 11.4 Å². The van der Waals surface area contributed by atoms with Crippen molar-refractivity contribution in [1.82, 2.24) is 15.0 Å². The van der Waals surface area contributed by atoms with Gasteiger partial charge >= 0.3 is 0 Å². The molecule has 8 nitrogen and oxygen atoms in total. The third kappa shape index (κ3) is 3.39. The lowest BCUT2D eigenvalue weighted by Crippen LogP contribution is -2.18. The van der Waals surface area contributed by atoms with Crippen LogP contribution in [0.2, 0.25) is 0 Å². The summed E-state index contributed by atoms with van der Waals surface area (Å²) in [6.07, 6.45) is 4.63. The maximum atomic E-state index is 11.4. The summed E-state index contributed by atoms with van der Waals surface area (Å²) < 4.78 is 0. The fourth-order valence-corrected chi connectivity index (χ4v) is 1.50. The predicted octanol–water partition coefficient (Wildman–Crippen LogP) is 0.0847. The minimum Gasteiger partial charge on any atom is -0.365 e. The molecular formula is C12H15N7O. The van der Waals surface area contributed by atoms with Gasteiger partial charge < -0.3 is 22.1 Å². The second-order valence-electron chi connectivity index (χ2n) is 3.90. The van der Waals surface area contributed by atoms with Gasteiger partial charge in [-0.15, -0.1) is 0 Å². The van der Waals surface area contributed by atoms with Gasteiger partial charge in [-0.2, -0.15) is 4.98 Å². The van der Waals surface area contributed by atoms with E-state index in [0.29, 0.717) is 30.5 Å². The van der Waals surface area contributed by atoms with Gasteiger partial charge in [-0.1, -0.05) is 0 Å². The smallest absolute Gasteiger partial charge is 0.254 e. The Balaban J connectivity index is 2.29. The summed E-state index contributed by atoms with van der Waals surface area (Å²) in [6.45, 7) is 0.981. The number of carbonyl (C=O) groups excluding carboxylic acids is 1. The van der Waals surface area contributed by atoms with Crippen LogP contribution in [0.15, 0.2) is 30.7 Å². The van der Waals surface area contributed by atoms with E-state index in [-0.39, 0.29) is 5.56 Å². The van der Waals surface area contributed by atoms with Crippen LogP contribution in [0.5, 0.6) is 0 Å². The quantitative estimate of drug-likeness (QED) is 0.586. The van der Waals surface area contributed by atoms with E-state index in [1.165, 1.54) is 6.20 Å². The summed E-state index contributed by atoms with van der Waals surface area (Å²) in [6, 6.07) is 3.56. The van der Waals surface area contributed by atoms with Crippen LogP contribution in [0.3, 0.4) is 0 Å². The minimum absolute atomic E-state index is 0.201. The van der Waals surface area contributed by atoms with Gasteiger partial charge in [0.25, 0.3) is 5.91 Å². The fraction of sp³-hybridized carbons (Fsp3) is 0.167. The zero-order valence-corrected chi connectivity index (χ0v) is 10.7. The first kappa shape index (κ1) is 13.7. The van der Waals surface area contributed by atoms with Crippen molar-refractivity contribution in [2.45, 2.75) is 0 Å². The predicted molar refractivity (Wildman–Crippen MR) is 75.6 cm³/mol. The molecule has 0 aliphatic rings. The fourth-order valence-electron chi connectivity index (χ4n) is 1.50. The molecule has 0 radical (unpaired) electrons. The molecule has 1 amide bonds. The summed E-state index contributed by atoms with van der Waals surface area (Å²) in [7, 11) is 0. The highest BCUT2D eigenvalue weighted by Gasteiger charge is 2.12. The normalized spacial score (nSPS) is 10.1. The minimum atomic E-state index is -0.609. The maximum Gasteiger partial charge on any atom is 0.254 e. The van der Waals surface area contributed by atoms with Crippen molar-refractivity contribution in [3.05, 3.63) is 36.3 Å². The topological polar surface area (TPSA) is 132 Å². The van der Waals surface area contributed by atoms with Crippen LogP contribution in [-0.2, 0) is 0 Å². The molecule has 104 valence electrons. The highest BCUT2D eigenvalue weighted by molar-refractivity contribution is 5.98. The molecule has 0 unspecified atom stereocenters.